The fourth-order valence-electron chi connectivity index (χ4n) is 1.74. The molecule has 2 aromatic rings. The molecule has 0 bridgehead atoms. The monoisotopic (exact) mass is 304 g/mol. The first-order chi connectivity index (χ1) is 9.74. The van der Waals surface area contributed by atoms with Crippen LogP contribution in [0.3, 0.4) is 0 Å². The van der Waals surface area contributed by atoms with E-state index in [0.717, 1.165) is 11.4 Å². The maximum Gasteiger partial charge on any atom is 0.148 e. The molecule has 2 rings (SSSR count). The molecule has 0 atom stereocenters. The fourth-order valence-corrected chi connectivity index (χ4v) is 2.36. The third-order valence-electron chi connectivity index (χ3n) is 2.74. The Bertz CT molecular complexity index is 622. The van der Waals surface area contributed by atoms with E-state index in [0.29, 0.717) is 23.0 Å². The lowest BCUT2D eigenvalue weighted by atomic mass is 10.1. The maximum absolute atomic E-state index is 9.18. The van der Waals surface area contributed by atoms with Crippen LogP contribution in [0.25, 0.3) is 0 Å². The molecular formula is C14H13ClN4S. The van der Waals surface area contributed by atoms with Crippen molar-refractivity contribution in [1.29, 1.82) is 5.26 Å². The minimum atomic E-state index is 0.496. The van der Waals surface area contributed by atoms with Crippen LogP contribution in [0.1, 0.15) is 11.1 Å². The number of hydrogen-bond acceptors (Lipinski definition) is 5. The van der Waals surface area contributed by atoms with Gasteiger partial charge in [0, 0.05) is 11.6 Å². The van der Waals surface area contributed by atoms with Gasteiger partial charge in [-0.3, -0.25) is 0 Å². The Morgan fingerprint density at radius 1 is 1.30 bits per heavy atom. The Morgan fingerprint density at radius 3 is 2.70 bits per heavy atom. The van der Waals surface area contributed by atoms with Gasteiger partial charge in [0.15, 0.2) is 0 Å². The minimum absolute atomic E-state index is 0.496. The van der Waals surface area contributed by atoms with Crippen molar-refractivity contribution in [3.05, 3.63) is 46.7 Å². The lowest BCUT2D eigenvalue weighted by Crippen LogP contribution is -2.09. The topological polar surface area (TPSA) is 61.6 Å². The summed E-state index contributed by atoms with van der Waals surface area (Å²) in [7, 11) is 0. The van der Waals surface area contributed by atoms with Crippen LogP contribution in [0, 0.1) is 11.3 Å². The second-order valence-electron chi connectivity index (χ2n) is 4.02. The molecule has 4 nitrogen and oxygen atoms in total. The molecule has 0 saturated heterocycles. The number of thioether (sulfide) groups is 1. The number of benzene rings is 1. The molecule has 0 radical (unpaired) electrons. The van der Waals surface area contributed by atoms with E-state index in [2.05, 4.69) is 21.4 Å². The van der Waals surface area contributed by atoms with Gasteiger partial charge in [-0.2, -0.15) is 5.26 Å². The summed E-state index contributed by atoms with van der Waals surface area (Å²) in [5.74, 6) is 0.584. The zero-order valence-corrected chi connectivity index (χ0v) is 12.5. The number of nitrogens with zero attached hydrogens (tertiary/aromatic N) is 3. The van der Waals surface area contributed by atoms with Crippen LogP contribution in [0.2, 0.25) is 5.02 Å². The SMILES string of the molecule is CSc1ncnc(NCCc2ccc(Cl)cc2)c1C#N. The molecule has 1 aromatic carbocycles. The van der Waals surface area contributed by atoms with Crippen LogP contribution in [0.4, 0.5) is 5.82 Å². The van der Waals surface area contributed by atoms with Gasteiger partial charge in [-0.1, -0.05) is 23.7 Å². The largest absolute Gasteiger partial charge is 0.369 e. The van der Waals surface area contributed by atoms with E-state index >= 15 is 0 Å². The van der Waals surface area contributed by atoms with E-state index < -0.39 is 0 Å². The van der Waals surface area contributed by atoms with Crippen molar-refractivity contribution in [2.24, 2.45) is 0 Å². The van der Waals surface area contributed by atoms with E-state index in [-0.39, 0.29) is 0 Å². The number of hydrogen-bond donors (Lipinski definition) is 1. The molecule has 0 aliphatic carbocycles. The van der Waals surface area contributed by atoms with Crippen LogP contribution in [-0.2, 0) is 6.42 Å². The summed E-state index contributed by atoms with van der Waals surface area (Å²) in [5.41, 5.74) is 1.68. The van der Waals surface area contributed by atoms with Crippen LogP contribution in [0.5, 0.6) is 0 Å². The van der Waals surface area contributed by atoms with Crippen LogP contribution < -0.4 is 5.32 Å². The molecule has 0 spiro atoms. The minimum Gasteiger partial charge on any atom is -0.369 e. The van der Waals surface area contributed by atoms with Crippen LogP contribution in [-0.4, -0.2) is 22.8 Å². The van der Waals surface area contributed by atoms with Crippen molar-refractivity contribution in [1.82, 2.24) is 9.97 Å². The lowest BCUT2D eigenvalue weighted by Gasteiger charge is -2.08. The average molecular weight is 305 g/mol. The highest BCUT2D eigenvalue weighted by atomic mass is 35.5. The molecule has 6 heteroatoms. The number of nitriles is 1. The molecule has 1 aromatic heterocycles. The molecule has 102 valence electrons. The van der Waals surface area contributed by atoms with Gasteiger partial charge >= 0.3 is 0 Å². The first-order valence-electron chi connectivity index (χ1n) is 6.02. The summed E-state index contributed by atoms with van der Waals surface area (Å²) < 4.78 is 0. The van der Waals surface area contributed by atoms with Gasteiger partial charge in [0.05, 0.1) is 0 Å². The van der Waals surface area contributed by atoms with E-state index in [1.807, 2.05) is 30.5 Å². The Morgan fingerprint density at radius 2 is 2.05 bits per heavy atom. The lowest BCUT2D eigenvalue weighted by molar-refractivity contribution is 0.972. The molecule has 20 heavy (non-hydrogen) atoms. The molecule has 0 aliphatic heterocycles. The molecule has 1 heterocycles. The van der Waals surface area contributed by atoms with Crippen molar-refractivity contribution >= 4 is 29.2 Å². The van der Waals surface area contributed by atoms with Gasteiger partial charge in [-0.25, -0.2) is 9.97 Å². The number of rotatable bonds is 5. The number of anilines is 1. The van der Waals surface area contributed by atoms with Gasteiger partial charge in [0.1, 0.15) is 28.8 Å². The van der Waals surface area contributed by atoms with Crippen molar-refractivity contribution in [2.45, 2.75) is 11.4 Å². The average Bonchev–Trinajstić information content (AvgIpc) is 2.49. The summed E-state index contributed by atoms with van der Waals surface area (Å²) in [6.45, 7) is 0.696. The molecular weight excluding hydrogens is 292 g/mol. The molecule has 0 amide bonds. The zero-order chi connectivity index (χ0) is 14.4. The van der Waals surface area contributed by atoms with Gasteiger partial charge in [0.2, 0.25) is 0 Å². The van der Waals surface area contributed by atoms with Crippen molar-refractivity contribution in [3.8, 4) is 6.07 Å². The van der Waals surface area contributed by atoms with Crippen molar-refractivity contribution < 1.29 is 0 Å². The van der Waals surface area contributed by atoms with Gasteiger partial charge < -0.3 is 5.32 Å². The molecule has 1 N–H and O–H groups in total. The summed E-state index contributed by atoms with van der Waals surface area (Å²) in [5, 5.41) is 13.8. The maximum atomic E-state index is 9.18. The first-order valence-corrected chi connectivity index (χ1v) is 7.62. The molecule has 0 fully saturated rings. The van der Waals surface area contributed by atoms with E-state index in [4.69, 9.17) is 11.6 Å². The second kappa shape index (κ2) is 7.13. The third kappa shape index (κ3) is 3.62. The molecule has 0 unspecified atom stereocenters. The Hall–Kier alpha value is -1.77. The number of halogens is 1. The number of aromatic nitrogens is 2. The number of nitrogens with one attached hydrogen (secondary N) is 1. The van der Waals surface area contributed by atoms with Crippen LogP contribution in [0.15, 0.2) is 35.6 Å². The predicted octanol–water partition coefficient (Wildman–Crippen LogP) is 3.38. The van der Waals surface area contributed by atoms with Crippen molar-refractivity contribution in [3.63, 3.8) is 0 Å². The predicted molar refractivity (Wildman–Crippen MR) is 82.2 cm³/mol. The van der Waals surface area contributed by atoms with Gasteiger partial charge in [-0.05, 0) is 30.4 Å². The van der Waals surface area contributed by atoms with E-state index in [1.165, 1.54) is 23.7 Å². The second-order valence-corrected chi connectivity index (χ2v) is 5.25. The molecule has 0 saturated carbocycles. The highest BCUT2D eigenvalue weighted by molar-refractivity contribution is 7.98. The van der Waals surface area contributed by atoms with Crippen molar-refractivity contribution in [2.75, 3.05) is 18.1 Å². The highest BCUT2D eigenvalue weighted by Gasteiger charge is 2.09. The highest BCUT2D eigenvalue weighted by Crippen LogP contribution is 2.21. The molecule has 0 aliphatic rings. The standard InChI is InChI=1S/C14H13ClN4S/c1-20-14-12(8-16)13(18-9-19-14)17-7-6-10-2-4-11(15)5-3-10/h2-5,9H,6-7H2,1H3,(H,17,18,19). The Kier molecular flexibility index (Phi) is 5.22. The third-order valence-corrected chi connectivity index (χ3v) is 3.69. The van der Waals surface area contributed by atoms with E-state index in [1.54, 1.807) is 0 Å². The fraction of sp³-hybridized carbons (Fsp3) is 0.214. The summed E-state index contributed by atoms with van der Waals surface area (Å²) in [6.07, 6.45) is 4.19. The van der Waals surface area contributed by atoms with Gasteiger partial charge in [-0.15, -0.1) is 11.8 Å². The normalized spacial score (nSPS) is 10.1. The Labute approximate surface area is 127 Å². The van der Waals surface area contributed by atoms with E-state index in [9.17, 15) is 5.26 Å². The summed E-state index contributed by atoms with van der Waals surface area (Å²) in [4.78, 5) is 8.20. The van der Waals surface area contributed by atoms with Crippen LogP contribution >= 0.6 is 23.4 Å². The summed E-state index contributed by atoms with van der Waals surface area (Å²) >= 11 is 7.28. The summed E-state index contributed by atoms with van der Waals surface area (Å²) in [6, 6.07) is 9.86. The van der Waals surface area contributed by atoms with Gasteiger partial charge in [0.25, 0.3) is 0 Å². The smallest absolute Gasteiger partial charge is 0.148 e. The zero-order valence-electron chi connectivity index (χ0n) is 10.9. The first kappa shape index (κ1) is 14.6. The quantitative estimate of drug-likeness (QED) is 0.678. The Balaban J connectivity index is 2.01.